The zero-order chi connectivity index (χ0) is 15.8. The van der Waals surface area contributed by atoms with Gasteiger partial charge in [0.1, 0.15) is 6.54 Å². The van der Waals surface area contributed by atoms with Crippen molar-refractivity contribution in [2.24, 2.45) is 0 Å². The maximum Gasteiger partial charge on any atom is 0.161 e. The molecule has 0 aliphatic rings. The summed E-state index contributed by atoms with van der Waals surface area (Å²) < 4.78 is 10.9. The molecule has 0 fully saturated rings. The van der Waals surface area contributed by atoms with Crippen LogP contribution in [0, 0.1) is 0 Å². The zero-order valence-corrected chi connectivity index (χ0v) is 13.9. The fourth-order valence-corrected chi connectivity index (χ4v) is 2.43. The van der Waals surface area contributed by atoms with E-state index in [4.69, 9.17) is 21.1 Å². The van der Waals surface area contributed by atoms with Gasteiger partial charge in [-0.15, -0.1) is 0 Å². The van der Waals surface area contributed by atoms with Crippen molar-refractivity contribution < 1.29 is 14.8 Å². The summed E-state index contributed by atoms with van der Waals surface area (Å²) in [6.07, 6.45) is 1.03. The first kappa shape index (κ1) is 16.7. The molecule has 22 heavy (non-hydrogen) atoms. The highest BCUT2D eigenvalue weighted by Gasteiger charge is 2.06. The summed E-state index contributed by atoms with van der Waals surface area (Å²) in [6, 6.07) is 14.1. The van der Waals surface area contributed by atoms with Crippen LogP contribution in [0.15, 0.2) is 42.5 Å². The van der Waals surface area contributed by atoms with E-state index in [1.807, 2.05) is 25.1 Å². The smallest absolute Gasteiger partial charge is 0.161 e. The lowest BCUT2D eigenvalue weighted by Crippen LogP contribution is -2.83. The number of ether oxygens (including phenoxy) is 2. The van der Waals surface area contributed by atoms with Crippen LogP contribution in [-0.2, 0) is 13.0 Å². The number of methoxy groups -OCH3 is 1. The average Bonchev–Trinajstić information content (AvgIpc) is 2.54. The minimum atomic E-state index is 0.639. The van der Waals surface area contributed by atoms with E-state index in [2.05, 4.69) is 29.6 Å². The summed E-state index contributed by atoms with van der Waals surface area (Å²) in [5.41, 5.74) is 2.55. The minimum Gasteiger partial charge on any atom is -0.493 e. The van der Waals surface area contributed by atoms with Crippen LogP contribution in [0.2, 0.25) is 5.02 Å². The van der Waals surface area contributed by atoms with E-state index >= 15 is 0 Å². The van der Waals surface area contributed by atoms with E-state index in [-0.39, 0.29) is 0 Å². The second kappa shape index (κ2) is 8.66. The van der Waals surface area contributed by atoms with Crippen molar-refractivity contribution in [1.82, 2.24) is 0 Å². The molecule has 0 aromatic heterocycles. The summed E-state index contributed by atoms with van der Waals surface area (Å²) in [4.78, 5) is 0. The van der Waals surface area contributed by atoms with Crippen LogP contribution in [0.5, 0.6) is 11.5 Å². The number of nitrogens with two attached hydrogens (primary N) is 1. The molecule has 4 heteroatoms. The summed E-state index contributed by atoms with van der Waals surface area (Å²) in [6.45, 7) is 4.58. The molecule has 0 radical (unpaired) electrons. The largest absolute Gasteiger partial charge is 0.493 e. The summed E-state index contributed by atoms with van der Waals surface area (Å²) in [5, 5.41) is 3.08. The Kier molecular flexibility index (Phi) is 6.56. The van der Waals surface area contributed by atoms with Gasteiger partial charge in [0, 0.05) is 17.0 Å². The number of quaternary nitrogens is 1. The van der Waals surface area contributed by atoms with Crippen molar-refractivity contribution >= 4 is 11.6 Å². The van der Waals surface area contributed by atoms with E-state index in [9.17, 15) is 0 Å². The molecule has 0 atom stereocenters. The number of rotatable bonds is 8. The molecule has 0 aliphatic carbocycles. The van der Waals surface area contributed by atoms with E-state index < -0.39 is 0 Å². The van der Waals surface area contributed by atoms with Crippen LogP contribution in [0.3, 0.4) is 0 Å². The third-order valence-corrected chi connectivity index (χ3v) is 3.71. The lowest BCUT2D eigenvalue weighted by molar-refractivity contribution is -0.670. The van der Waals surface area contributed by atoms with Gasteiger partial charge in [0.15, 0.2) is 11.5 Å². The molecule has 2 rings (SSSR count). The SMILES string of the molecule is CCOc1cc(C[NH2+]CCc2ccc(Cl)cc2)ccc1OC. The maximum absolute atomic E-state index is 5.89. The van der Waals surface area contributed by atoms with Gasteiger partial charge in [0.25, 0.3) is 0 Å². The molecule has 0 amide bonds. The standard InChI is InChI=1S/C18H22ClNO2/c1-3-22-18-12-15(6-9-17(18)21-2)13-20-11-10-14-4-7-16(19)8-5-14/h4-9,12,20H,3,10-11,13H2,1-2H3/p+1. The fraction of sp³-hybridized carbons (Fsp3) is 0.333. The summed E-state index contributed by atoms with van der Waals surface area (Å²) in [7, 11) is 1.66. The van der Waals surface area contributed by atoms with Crippen LogP contribution >= 0.6 is 11.6 Å². The van der Waals surface area contributed by atoms with Crippen LogP contribution in [0.4, 0.5) is 0 Å². The monoisotopic (exact) mass is 320 g/mol. The van der Waals surface area contributed by atoms with Gasteiger partial charge in [-0.25, -0.2) is 0 Å². The molecule has 2 aromatic carbocycles. The van der Waals surface area contributed by atoms with E-state index in [1.54, 1.807) is 7.11 Å². The molecule has 0 bridgehead atoms. The highest BCUT2D eigenvalue weighted by molar-refractivity contribution is 6.30. The minimum absolute atomic E-state index is 0.639. The zero-order valence-electron chi connectivity index (χ0n) is 13.1. The predicted octanol–water partition coefficient (Wildman–Crippen LogP) is 3.05. The molecule has 2 N–H and O–H groups in total. The summed E-state index contributed by atoms with van der Waals surface area (Å²) >= 11 is 5.89. The Bertz CT molecular complexity index is 584. The first-order valence-corrected chi connectivity index (χ1v) is 7.96. The van der Waals surface area contributed by atoms with Crippen LogP contribution in [-0.4, -0.2) is 20.3 Å². The quantitative estimate of drug-likeness (QED) is 0.759. The Morgan fingerprint density at radius 2 is 1.73 bits per heavy atom. The Balaban J connectivity index is 1.83. The Morgan fingerprint density at radius 1 is 1.00 bits per heavy atom. The number of benzene rings is 2. The van der Waals surface area contributed by atoms with Gasteiger partial charge >= 0.3 is 0 Å². The van der Waals surface area contributed by atoms with Gasteiger partial charge in [0.2, 0.25) is 0 Å². The molecule has 118 valence electrons. The lowest BCUT2D eigenvalue weighted by atomic mass is 10.1. The third kappa shape index (κ3) is 4.93. The molecule has 2 aromatic rings. The molecule has 0 unspecified atom stereocenters. The van der Waals surface area contributed by atoms with Gasteiger partial charge in [-0.3, -0.25) is 0 Å². The van der Waals surface area contributed by atoms with Gasteiger partial charge in [0.05, 0.1) is 20.3 Å². The van der Waals surface area contributed by atoms with Crippen LogP contribution in [0.1, 0.15) is 18.1 Å². The highest BCUT2D eigenvalue weighted by atomic mass is 35.5. The number of halogens is 1. The molecule has 0 saturated heterocycles. The lowest BCUT2D eigenvalue weighted by Gasteiger charge is -2.10. The Labute approximate surface area is 137 Å². The average molecular weight is 321 g/mol. The molecule has 0 spiro atoms. The topological polar surface area (TPSA) is 35.1 Å². The number of hydrogen-bond acceptors (Lipinski definition) is 2. The fourth-order valence-electron chi connectivity index (χ4n) is 2.30. The third-order valence-electron chi connectivity index (χ3n) is 3.46. The maximum atomic E-state index is 5.89. The second-order valence-electron chi connectivity index (χ2n) is 5.08. The van der Waals surface area contributed by atoms with Crippen LogP contribution in [0.25, 0.3) is 0 Å². The molecular weight excluding hydrogens is 298 g/mol. The molecule has 3 nitrogen and oxygen atoms in total. The normalized spacial score (nSPS) is 10.5. The van der Waals surface area contributed by atoms with Gasteiger partial charge in [-0.05, 0) is 42.8 Å². The Hall–Kier alpha value is -1.71. The number of hydrogen-bond donors (Lipinski definition) is 1. The van der Waals surface area contributed by atoms with Gasteiger partial charge in [-0.1, -0.05) is 23.7 Å². The molecule has 0 heterocycles. The van der Waals surface area contributed by atoms with Gasteiger partial charge in [-0.2, -0.15) is 0 Å². The van der Waals surface area contributed by atoms with E-state index in [0.29, 0.717) is 6.61 Å². The van der Waals surface area contributed by atoms with E-state index in [1.165, 1.54) is 11.1 Å². The van der Waals surface area contributed by atoms with E-state index in [0.717, 1.165) is 36.0 Å². The first-order valence-electron chi connectivity index (χ1n) is 7.58. The van der Waals surface area contributed by atoms with Crippen molar-refractivity contribution in [2.45, 2.75) is 19.9 Å². The predicted molar refractivity (Wildman–Crippen MR) is 89.8 cm³/mol. The molecular formula is C18H23ClNO2+. The molecule has 0 aliphatic heterocycles. The van der Waals surface area contributed by atoms with Crippen molar-refractivity contribution in [3.63, 3.8) is 0 Å². The van der Waals surface area contributed by atoms with Gasteiger partial charge < -0.3 is 14.8 Å². The molecule has 0 saturated carbocycles. The first-order chi connectivity index (χ1) is 10.7. The van der Waals surface area contributed by atoms with Crippen molar-refractivity contribution in [1.29, 1.82) is 0 Å². The van der Waals surface area contributed by atoms with Crippen molar-refractivity contribution in [2.75, 3.05) is 20.3 Å². The van der Waals surface area contributed by atoms with Crippen LogP contribution < -0.4 is 14.8 Å². The Morgan fingerprint density at radius 3 is 2.41 bits per heavy atom. The summed E-state index contributed by atoms with van der Waals surface area (Å²) in [5.74, 6) is 1.60. The van der Waals surface area contributed by atoms with Crippen molar-refractivity contribution in [3.8, 4) is 11.5 Å². The van der Waals surface area contributed by atoms with Crippen molar-refractivity contribution in [3.05, 3.63) is 58.6 Å². The highest BCUT2D eigenvalue weighted by Crippen LogP contribution is 2.27. The second-order valence-corrected chi connectivity index (χ2v) is 5.51.